The Hall–Kier alpha value is -1.31. The van der Waals surface area contributed by atoms with Crippen molar-refractivity contribution < 1.29 is 9.26 Å². The Morgan fingerprint density at radius 3 is 3.11 bits per heavy atom. The molecule has 1 fully saturated rings. The lowest BCUT2D eigenvalue weighted by molar-refractivity contribution is 0.109. The van der Waals surface area contributed by atoms with E-state index in [0.717, 1.165) is 24.5 Å². The van der Waals surface area contributed by atoms with Crippen molar-refractivity contribution in [2.24, 2.45) is 5.73 Å². The molecule has 2 unspecified atom stereocenters. The largest absolute Gasteiger partial charge is 0.378 e. The lowest BCUT2D eigenvalue weighted by Crippen LogP contribution is -2.09. The Bertz CT molecular complexity index is 545. The molecule has 1 saturated heterocycles. The van der Waals surface area contributed by atoms with E-state index >= 15 is 0 Å². The van der Waals surface area contributed by atoms with E-state index in [1.165, 1.54) is 11.3 Å². The predicted molar refractivity (Wildman–Crippen MR) is 70.7 cm³/mol. The number of ether oxygens (including phenoxy) is 1. The van der Waals surface area contributed by atoms with Gasteiger partial charge in [0.2, 0.25) is 0 Å². The minimum Gasteiger partial charge on any atom is -0.378 e. The first-order chi connectivity index (χ1) is 9.22. The van der Waals surface area contributed by atoms with E-state index in [1.807, 2.05) is 12.3 Å². The molecule has 1 aliphatic rings. The van der Waals surface area contributed by atoms with Crippen molar-refractivity contribution in [3.05, 3.63) is 16.2 Å². The zero-order chi connectivity index (χ0) is 13.2. The molecule has 0 aromatic carbocycles. The SMILES string of the molecule is CC(N)c1nc(-c2nc(CC3CCCO3)no2)cs1. The van der Waals surface area contributed by atoms with Gasteiger partial charge in [0.05, 0.1) is 12.1 Å². The summed E-state index contributed by atoms with van der Waals surface area (Å²) in [5, 5.41) is 6.74. The summed E-state index contributed by atoms with van der Waals surface area (Å²) >= 11 is 1.51. The summed E-state index contributed by atoms with van der Waals surface area (Å²) in [6.07, 6.45) is 3.10. The summed E-state index contributed by atoms with van der Waals surface area (Å²) in [4.78, 5) is 8.75. The third-order valence-electron chi connectivity index (χ3n) is 3.03. The van der Waals surface area contributed by atoms with Gasteiger partial charge in [-0.3, -0.25) is 0 Å². The van der Waals surface area contributed by atoms with E-state index in [9.17, 15) is 0 Å². The Labute approximate surface area is 115 Å². The maximum Gasteiger partial charge on any atom is 0.277 e. The van der Waals surface area contributed by atoms with Gasteiger partial charge < -0.3 is 15.0 Å². The minimum atomic E-state index is -0.0759. The molecule has 2 aromatic rings. The molecule has 6 nitrogen and oxygen atoms in total. The van der Waals surface area contributed by atoms with Crippen molar-refractivity contribution in [2.45, 2.75) is 38.3 Å². The van der Waals surface area contributed by atoms with Gasteiger partial charge in [0, 0.05) is 18.4 Å². The number of nitrogens with two attached hydrogens (primary N) is 1. The Morgan fingerprint density at radius 2 is 2.42 bits per heavy atom. The van der Waals surface area contributed by atoms with Gasteiger partial charge in [0.15, 0.2) is 5.82 Å². The van der Waals surface area contributed by atoms with Crippen LogP contribution in [0.25, 0.3) is 11.6 Å². The van der Waals surface area contributed by atoms with Gasteiger partial charge in [-0.05, 0) is 19.8 Å². The lowest BCUT2D eigenvalue weighted by atomic mass is 10.2. The quantitative estimate of drug-likeness (QED) is 0.920. The van der Waals surface area contributed by atoms with Crippen LogP contribution in [-0.4, -0.2) is 27.8 Å². The van der Waals surface area contributed by atoms with Crippen LogP contribution in [0.2, 0.25) is 0 Å². The van der Waals surface area contributed by atoms with Crippen LogP contribution in [-0.2, 0) is 11.2 Å². The molecule has 1 aliphatic heterocycles. The predicted octanol–water partition coefficient (Wildman–Crippen LogP) is 1.93. The summed E-state index contributed by atoms with van der Waals surface area (Å²) < 4.78 is 10.8. The van der Waals surface area contributed by atoms with Gasteiger partial charge in [0.25, 0.3) is 5.89 Å². The fourth-order valence-electron chi connectivity index (χ4n) is 2.04. The maximum atomic E-state index is 5.78. The van der Waals surface area contributed by atoms with Crippen molar-refractivity contribution in [2.75, 3.05) is 6.61 Å². The maximum absolute atomic E-state index is 5.78. The fourth-order valence-corrected chi connectivity index (χ4v) is 2.80. The van der Waals surface area contributed by atoms with Crippen LogP contribution in [0.5, 0.6) is 0 Å². The second kappa shape index (κ2) is 5.36. The van der Waals surface area contributed by atoms with Gasteiger partial charge in [-0.1, -0.05) is 5.16 Å². The molecule has 102 valence electrons. The molecule has 19 heavy (non-hydrogen) atoms. The molecular formula is C12H16N4O2S. The summed E-state index contributed by atoms with van der Waals surface area (Å²) in [5.41, 5.74) is 6.48. The standard InChI is InChI=1S/C12H16N4O2S/c1-7(13)12-14-9(6-19-12)11-15-10(16-18-11)5-8-3-2-4-17-8/h6-8H,2-5,13H2,1H3. The number of rotatable bonds is 4. The zero-order valence-electron chi connectivity index (χ0n) is 10.7. The van der Waals surface area contributed by atoms with E-state index < -0.39 is 0 Å². The van der Waals surface area contributed by atoms with Crippen LogP contribution >= 0.6 is 11.3 Å². The van der Waals surface area contributed by atoms with Gasteiger partial charge in [-0.25, -0.2) is 4.98 Å². The number of thiazole rings is 1. The van der Waals surface area contributed by atoms with Crippen molar-refractivity contribution in [3.8, 4) is 11.6 Å². The topological polar surface area (TPSA) is 87.1 Å². The third kappa shape index (κ3) is 2.83. The number of aromatic nitrogens is 3. The highest BCUT2D eigenvalue weighted by molar-refractivity contribution is 7.10. The average Bonchev–Trinajstić information content (AvgIpc) is 3.09. The van der Waals surface area contributed by atoms with Crippen molar-refractivity contribution in [3.63, 3.8) is 0 Å². The minimum absolute atomic E-state index is 0.0759. The highest BCUT2D eigenvalue weighted by atomic mass is 32.1. The van der Waals surface area contributed by atoms with Crippen LogP contribution in [0.15, 0.2) is 9.90 Å². The molecule has 0 amide bonds. The van der Waals surface area contributed by atoms with E-state index in [0.29, 0.717) is 23.8 Å². The first-order valence-electron chi connectivity index (χ1n) is 6.38. The average molecular weight is 280 g/mol. The van der Waals surface area contributed by atoms with Crippen molar-refractivity contribution in [1.29, 1.82) is 0 Å². The molecule has 3 rings (SSSR count). The molecule has 3 heterocycles. The molecule has 2 aromatic heterocycles. The third-order valence-corrected chi connectivity index (χ3v) is 4.08. The Kier molecular flexibility index (Phi) is 3.58. The van der Waals surface area contributed by atoms with Gasteiger partial charge in [-0.15, -0.1) is 11.3 Å². The first-order valence-corrected chi connectivity index (χ1v) is 7.26. The fraction of sp³-hybridized carbons (Fsp3) is 0.583. The zero-order valence-corrected chi connectivity index (χ0v) is 11.5. The molecule has 0 aliphatic carbocycles. The van der Waals surface area contributed by atoms with Crippen molar-refractivity contribution >= 4 is 11.3 Å². The molecule has 0 saturated carbocycles. The van der Waals surface area contributed by atoms with Crippen LogP contribution in [0.4, 0.5) is 0 Å². The van der Waals surface area contributed by atoms with Crippen LogP contribution in [0.3, 0.4) is 0 Å². The molecule has 0 bridgehead atoms. The first kappa shape index (κ1) is 12.7. The lowest BCUT2D eigenvalue weighted by Gasteiger charge is -2.03. The number of nitrogens with zero attached hydrogens (tertiary/aromatic N) is 3. The van der Waals surface area contributed by atoms with Gasteiger partial charge >= 0.3 is 0 Å². The normalized spacial score (nSPS) is 20.8. The Morgan fingerprint density at radius 1 is 1.53 bits per heavy atom. The van der Waals surface area contributed by atoms with Crippen LogP contribution < -0.4 is 5.73 Å². The van der Waals surface area contributed by atoms with E-state index in [1.54, 1.807) is 0 Å². The highest BCUT2D eigenvalue weighted by Gasteiger charge is 2.20. The summed E-state index contributed by atoms with van der Waals surface area (Å²) in [6, 6.07) is -0.0759. The van der Waals surface area contributed by atoms with Crippen molar-refractivity contribution in [1.82, 2.24) is 15.1 Å². The second-order valence-corrected chi connectivity index (χ2v) is 5.60. The number of hydrogen-bond donors (Lipinski definition) is 1. The molecule has 7 heteroatoms. The summed E-state index contributed by atoms with van der Waals surface area (Å²) in [6.45, 7) is 2.73. The number of hydrogen-bond acceptors (Lipinski definition) is 7. The van der Waals surface area contributed by atoms with Gasteiger partial charge in [0.1, 0.15) is 10.7 Å². The van der Waals surface area contributed by atoms with E-state index in [4.69, 9.17) is 15.0 Å². The second-order valence-electron chi connectivity index (χ2n) is 4.71. The molecule has 0 spiro atoms. The highest BCUT2D eigenvalue weighted by Crippen LogP contribution is 2.24. The van der Waals surface area contributed by atoms with Gasteiger partial charge in [-0.2, -0.15) is 4.98 Å². The Balaban J connectivity index is 1.72. The molecular weight excluding hydrogens is 264 g/mol. The molecule has 2 atom stereocenters. The van der Waals surface area contributed by atoms with Crippen LogP contribution in [0, 0.1) is 0 Å². The molecule has 0 radical (unpaired) electrons. The molecule has 2 N–H and O–H groups in total. The summed E-state index contributed by atoms with van der Waals surface area (Å²) in [5.74, 6) is 1.13. The van der Waals surface area contributed by atoms with E-state index in [-0.39, 0.29) is 12.1 Å². The smallest absolute Gasteiger partial charge is 0.277 e. The summed E-state index contributed by atoms with van der Waals surface area (Å²) in [7, 11) is 0. The monoisotopic (exact) mass is 280 g/mol. The van der Waals surface area contributed by atoms with E-state index in [2.05, 4.69) is 15.1 Å². The van der Waals surface area contributed by atoms with Crippen LogP contribution in [0.1, 0.15) is 36.6 Å².